The molecule has 1 atom stereocenters. The highest BCUT2D eigenvalue weighted by molar-refractivity contribution is 7.91. The lowest BCUT2D eigenvalue weighted by molar-refractivity contribution is -0.688. The van der Waals surface area contributed by atoms with Crippen LogP contribution >= 0.6 is 0 Å². The zero-order valence-corrected chi connectivity index (χ0v) is 23.8. The zero-order chi connectivity index (χ0) is 26.5. The summed E-state index contributed by atoms with van der Waals surface area (Å²) in [4.78, 5) is 2.60. The van der Waals surface area contributed by atoms with Crippen LogP contribution in [0.1, 0.15) is 81.4 Å². The number of benzene rings is 2. The smallest absolute Gasteiger partial charge is 0.179 e. The normalized spacial score (nSPS) is 18.1. The molecule has 4 nitrogen and oxygen atoms in total. The first-order chi connectivity index (χ1) is 17.8. The Bertz CT molecular complexity index is 1280. The zero-order valence-electron chi connectivity index (χ0n) is 23.0. The van der Waals surface area contributed by atoms with Crippen molar-refractivity contribution in [3.63, 3.8) is 0 Å². The first kappa shape index (κ1) is 27.4. The molecule has 0 spiro atoms. The van der Waals surface area contributed by atoms with Crippen LogP contribution in [0, 0.1) is 5.41 Å². The molecular weight excluding hydrogens is 476 g/mol. The topological polar surface area (TPSA) is 41.3 Å². The van der Waals surface area contributed by atoms with Gasteiger partial charge in [-0.2, -0.15) is 0 Å². The minimum atomic E-state index is -3.41. The number of unbranched alkanes of at least 4 members (excludes halogenated alkanes) is 2. The molecule has 0 fully saturated rings. The van der Waals surface area contributed by atoms with Crippen molar-refractivity contribution < 1.29 is 13.0 Å². The molecule has 0 unspecified atom stereocenters. The Balaban J connectivity index is 1.86. The summed E-state index contributed by atoms with van der Waals surface area (Å²) in [5.41, 5.74) is 4.26. The first-order valence-electron chi connectivity index (χ1n) is 13.8. The average Bonchev–Trinajstić information content (AvgIpc) is 2.99. The van der Waals surface area contributed by atoms with E-state index in [9.17, 15) is 8.42 Å². The number of sulfone groups is 1. The molecule has 3 aromatic rings. The molecule has 0 N–H and O–H groups in total. The predicted molar refractivity (Wildman–Crippen MR) is 153 cm³/mol. The predicted octanol–water partition coefficient (Wildman–Crippen LogP) is 6.76. The largest absolute Gasteiger partial charge is 0.378 e. The fourth-order valence-electron chi connectivity index (χ4n) is 5.99. The summed E-state index contributed by atoms with van der Waals surface area (Å²) >= 11 is 0. The molecule has 0 amide bonds. The number of anilines is 1. The molecule has 0 bridgehead atoms. The van der Waals surface area contributed by atoms with E-state index in [4.69, 9.17) is 0 Å². The Labute approximate surface area is 224 Å². The maximum Gasteiger partial charge on any atom is 0.179 e. The van der Waals surface area contributed by atoms with Gasteiger partial charge in [-0.3, -0.25) is 0 Å². The van der Waals surface area contributed by atoms with Gasteiger partial charge in [-0.25, -0.2) is 13.0 Å². The number of fused-ring (bicyclic) bond motifs is 1. The van der Waals surface area contributed by atoms with Crippen LogP contribution in [0.15, 0.2) is 78.0 Å². The number of pyridine rings is 1. The van der Waals surface area contributed by atoms with Gasteiger partial charge in [0.1, 0.15) is 0 Å². The molecule has 0 radical (unpaired) electrons. The van der Waals surface area contributed by atoms with Crippen molar-refractivity contribution in [2.24, 2.45) is 5.41 Å². The summed E-state index contributed by atoms with van der Waals surface area (Å²) in [7, 11) is 0.629. The summed E-state index contributed by atoms with van der Waals surface area (Å²) in [6.07, 6.45) is 11.3. The second-order valence-corrected chi connectivity index (χ2v) is 13.1. The van der Waals surface area contributed by atoms with Crippen molar-refractivity contribution in [1.82, 2.24) is 0 Å². The van der Waals surface area contributed by atoms with Gasteiger partial charge in [-0.15, -0.1) is 0 Å². The van der Waals surface area contributed by atoms with E-state index in [0.717, 1.165) is 62.7 Å². The molecule has 4 rings (SSSR count). The van der Waals surface area contributed by atoms with E-state index in [-0.39, 0.29) is 17.1 Å². The summed E-state index contributed by atoms with van der Waals surface area (Å²) in [5, 5.41) is 0. The number of hydrogen-bond donors (Lipinski definition) is 0. The van der Waals surface area contributed by atoms with Crippen molar-refractivity contribution in [3.05, 3.63) is 89.7 Å². The van der Waals surface area contributed by atoms with Crippen LogP contribution in [0.25, 0.3) is 0 Å². The van der Waals surface area contributed by atoms with E-state index in [2.05, 4.69) is 78.2 Å². The molecule has 37 heavy (non-hydrogen) atoms. The molecular formula is C32H43N2O2S+. The van der Waals surface area contributed by atoms with Gasteiger partial charge in [0.25, 0.3) is 0 Å². The van der Waals surface area contributed by atoms with Gasteiger partial charge < -0.3 is 4.90 Å². The van der Waals surface area contributed by atoms with E-state index in [1.165, 1.54) is 11.1 Å². The number of nitrogens with zero attached hydrogens (tertiary/aromatic N) is 2. The van der Waals surface area contributed by atoms with E-state index in [1.807, 2.05) is 32.3 Å². The molecule has 1 aliphatic heterocycles. The van der Waals surface area contributed by atoms with E-state index < -0.39 is 9.84 Å². The van der Waals surface area contributed by atoms with E-state index in [1.54, 1.807) is 0 Å². The fraction of sp³-hybridized carbons (Fsp3) is 0.469. The third-order valence-electron chi connectivity index (χ3n) is 7.97. The van der Waals surface area contributed by atoms with Crippen LogP contribution in [0.5, 0.6) is 0 Å². The van der Waals surface area contributed by atoms with Gasteiger partial charge in [-0.1, -0.05) is 63.8 Å². The molecule has 0 aliphatic carbocycles. The van der Waals surface area contributed by atoms with Crippen molar-refractivity contribution in [1.29, 1.82) is 0 Å². The average molecular weight is 520 g/mol. The van der Waals surface area contributed by atoms with Crippen LogP contribution in [-0.2, 0) is 16.4 Å². The van der Waals surface area contributed by atoms with Gasteiger partial charge >= 0.3 is 0 Å². The second kappa shape index (κ2) is 11.8. The molecule has 198 valence electrons. The van der Waals surface area contributed by atoms with Gasteiger partial charge in [0, 0.05) is 43.4 Å². The van der Waals surface area contributed by atoms with E-state index in [0.29, 0.717) is 4.90 Å². The summed E-state index contributed by atoms with van der Waals surface area (Å²) in [6.45, 7) is 5.21. The highest BCUT2D eigenvalue weighted by Crippen LogP contribution is 2.50. The Morgan fingerprint density at radius 3 is 2.27 bits per heavy atom. The number of aromatic nitrogens is 1. The van der Waals surface area contributed by atoms with Crippen LogP contribution in [0.2, 0.25) is 0 Å². The third-order valence-corrected chi connectivity index (χ3v) is 10.0. The lowest BCUT2D eigenvalue weighted by atomic mass is 9.70. The van der Waals surface area contributed by atoms with Crippen molar-refractivity contribution in [2.45, 2.75) is 76.2 Å². The Hall–Kier alpha value is -2.66. The molecule has 0 saturated heterocycles. The maximum absolute atomic E-state index is 14.0. The third kappa shape index (κ3) is 6.43. The van der Waals surface area contributed by atoms with Crippen LogP contribution < -0.4 is 9.47 Å². The fourth-order valence-corrected chi connectivity index (χ4v) is 8.19. The SMILES string of the molecule is CCCCC1(CCCC)C[C@H](c2cccc(C[n+]3ccccc3)c2)c2cc(N(C)C)ccc2S(=O)(=O)C1. The monoisotopic (exact) mass is 519 g/mol. The minimum Gasteiger partial charge on any atom is -0.378 e. The minimum absolute atomic E-state index is 0.0432. The van der Waals surface area contributed by atoms with Gasteiger partial charge in [-0.05, 0) is 60.1 Å². The lowest BCUT2D eigenvalue weighted by Crippen LogP contribution is -2.33. The van der Waals surface area contributed by atoms with Crippen LogP contribution in [0.4, 0.5) is 5.69 Å². The van der Waals surface area contributed by atoms with Crippen LogP contribution in [0.3, 0.4) is 0 Å². The summed E-state index contributed by atoms with van der Waals surface area (Å²) in [5.74, 6) is 0.297. The summed E-state index contributed by atoms with van der Waals surface area (Å²) in [6, 6.07) is 20.9. The van der Waals surface area contributed by atoms with Gasteiger partial charge in [0.05, 0.1) is 10.6 Å². The second-order valence-electron chi connectivity index (χ2n) is 11.1. The van der Waals surface area contributed by atoms with Gasteiger partial charge in [0.2, 0.25) is 0 Å². The lowest BCUT2D eigenvalue weighted by Gasteiger charge is -2.35. The van der Waals surface area contributed by atoms with Crippen LogP contribution in [-0.4, -0.2) is 28.3 Å². The van der Waals surface area contributed by atoms with E-state index >= 15 is 0 Å². The summed E-state index contributed by atoms with van der Waals surface area (Å²) < 4.78 is 30.2. The molecule has 0 saturated carbocycles. The number of rotatable bonds is 10. The highest BCUT2D eigenvalue weighted by atomic mass is 32.2. The number of hydrogen-bond acceptors (Lipinski definition) is 3. The standard InChI is InChI=1S/C32H43N2O2S/c1-5-7-17-32(18-8-6-2)23-30(27-14-12-13-26(21-27)24-34-19-10-9-11-20-34)29-22-28(33(3)4)15-16-31(29)37(35,36)25-32/h9-16,19-22,30H,5-8,17-18,23-25H2,1-4H3/q+1/t30-/m1/s1. The highest BCUT2D eigenvalue weighted by Gasteiger charge is 2.43. The van der Waals surface area contributed by atoms with Crippen molar-refractivity contribution >= 4 is 15.5 Å². The molecule has 5 heteroatoms. The molecule has 1 aliphatic rings. The molecule has 2 heterocycles. The first-order valence-corrected chi connectivity index (χ1v) is 15.5. The Morgan fingerprint density at radius 1 is 0.919 bits per heavy atom. The van der Waals surface area contributed by atoms with Crippen molar-refractivity contribution in [2.75, 3.05) is 24.7 Å². The molecule has 2 aromatic carbocycles. The maximum atomic E-state index is 14.0. The Morgan fingerprint density at radius 2 is 1.62 bits per heavy atom. The Kier molecular flexibility index (Phi) is 8.74. The van der Waals surface area contributed by atoms with Gasteiger partial charge in [0.15, 0.2) is 28.8 Å². The quantitative estimate of drug-likeness (QED) is 0.278. The van der Waals surface area contributed by atoms with Crippen molar-refractivity contribution in [3.8, 4) is 0 Å². The molecule has 1 aromatic heterocycles.